The summed E-state index contributed by atoms with van der Waals surface area (Å²) in [5, 5.41) is 0. The molecule has 0 amide bonds. The van der Waals surface area contributed by atoms with Crippen molar-refractivity contribution in [1.29, 1.82) is 0 Å². The lowest BCUT2D eigenvalue weighted by Crippen LogP contribution is -2.19. The summed E-state index contributed by atoms with van der Waals surface area (Å²) in [5.74, 6) is 2.51. The summed E-state index contributed by atoms with van der Waals surface area (Å²) in [6.45, 7) is 1.79. The number of halogens is 1. The van der Waals surface area contributed by atoms with Crippen LogP contribution in [0.25, 0.3) is 0 Å². The van der Waals surface area contributed by atoms with Crippen LogP contribution in [0.2, 0.25) is 0 Å². The average Bonchev–Trinajstić information content (AvgIpc) is 2.94. The monoisotopic (exact) mass is 247 g/mol. The Kier molecular flexibility index (Phi) is 3.14. The van der Waals surface area contributed by atoms with Crippen molar-refractivity contribution >= 4 is 0 Å². The van der Waals surface area contributed by atoms with Crippen molar-refractivity contribution in [3.05, 3.63) is 35.1 Å². The summed E-state index contributed by atoms with van der Waals surface area (Å²) in [4.78, 5) is 0. The second-order valence-corrected chi connectivity index (χ2v) is 6.29. The summed E-state index contributed by atoms with van der Waals surface area (Å²) in [6.07, 6.45) is 6.62. The second kappa shape index (κ2) is 4.65. The van der Waals surface area contributed by atoms with E-state index in [1.165, 1.54) is 25.7 Å². The Balaban J connectivity index is 1.67. The highest BCUT2D eigenvalue weighted by Crippen LogP contribution is 2.50. The van der Waals surface area contributed by atoms with Gasteiger partial charge in [0.15, 0.2) is 0 Å². The predicted octanol–water partition coefficient (Wildman–Crippen LogP) is 3.96. The van der Waals surface area contributed by atoms with Crippen molar-refractivity contribution in [2.45, 2.75) is 45.1 Å². The molecule has 2 aliphatic carbocycles. The second-order valence-electron chi connectivity index (χ2n) is 6.29. The fourth-order valence-corrected chi connectivity index (χ4v) is 3.97. The van der Waals surface area contributed by atoms with Crippen LogP contribution in [0.15, 0.2) is 18.2 Å². The van der Waals surface area contributed by atoms with E-state index in [0.29, 0.717) is 5.56 Å². The van der Waals surface area contributed by atoms with Crippen LogP contribution >= 0.6 is 0 Å². The van der Waals surface area contributed by atoms with Gasteiger partial charge in [-0.1, -0.05) is 18.6 Å². The molecule has 0 aliphatic heterocycles. The molecule has 4 unspecified atom stereocenters. The molecule has 18 heavy (non-hydrogen) atoms. The molecule has 2 heteroatoms. The van der Waals surface area contributed by atoms with Gasteiger partial charge in [-0.2, -0.15) is 0 Å². The fraction of sp³-hybridized carbons (Fsp3) is 0.625. The van der Waals surface area contributed by atoms with E-state index < -0.39 is 0 Å². The summed E-state index contributed by atoms with van der Waals surface area (Å²) >= 11 is 0. The highest BCUT2D eigenvalue weighted by atomic mass is 19.1. The Bertz CT molecular complexity index is 443. The van der Waals surface area contributed by atoms with E-state index >= 15 is 0 Å². The number of aryl methyl sites for hydroxylation is 1. The zero-order valence-corrected chi connectivity index (χ0v) is 11.0. The number of hydrogen-bond donors (Lipinski definition) is 1. The minimum atomic E-state index is -0.129. The third kappa shape index (κ3) is 2.18. The van der Waals surface area contributed by atoms with E-state index in [0.717, 1.165) is 29.7 Å². The van der Waals surface area contributed by atoms with Crippen molar-refractivity contribution in [3.8, 4) is 0 Å². The molecule has 2 bridgehead atoms. The Hall–Kier alpha value is -0.890. The molecule has 4 atom stereocenters. The standard InChI is InChI=1S/C16H22FN/c1-10-2-4-13(8-15(10)17)16(18)9-14-7-11-3-5-12(14)6-11/h2,4,8,11-12,14,16H,3,5-7,9,18H2,1H3. The van der Waals surface area contributed by atoms with Gasteiger partial charge in [-0.25, -0.2) is 4.39 Å². The molecule has 0 radical (unpaired) electrons. The molecule has 1 nitrogen and oxygen atoms in total. The zero-order chi connectivity index (χ0) is 12.7. The quantitative estimate of drug-likeness (QED) is 0.859. The van der Waals surface area contributed by atoms with Crippen molar-refractivity contribution in [2.75, 3.05) is 0 Å². The van der Waals surface area contributed by atoms with Gasteiger partial charge in [-0.15, -0.1) is 0 Å². The van der Waals surface area contributed by atoms with Gasteiger partial charge < -0.3 is 5.73 Å². The minimum Gasteiger partial charge on any atom is -0.324 e. The first-order valence-corrected chi connectivity index (χ1v) is 7.15. The Labute approximate surface area is 109 Å². The molecule has 0 aromatic heterocycles. The van der Waals surface area contributed by atoms with Gasteiger partial charge in [0, 0.05) is 6.04 Å². The van der Waals surface area contributed by atoms with Crippen molar-refractivity contribution < 1.29 is 4.39 Å². The third-order valence-electron chi connectivity index (χ3n) is 5.07. The molecule has 0 saturated heterocycles. The van der Waals surface area contributed by atoms with Gasteiger partial charge in [0.1, 0.15) is 5.82 Å². The number of hydrogen-bond acceptors (Lipinski definition) is 1. The molecule has 2 aliphatic rings. The van der Waals surface area contributed by atoms with E-state index in [1.807, 2.05) is 12.1 Å². The third-order valence-corrected chi connectivity index (χ3v) is 5.07. The van der Waals surface area contributed by atoms with E-state index in [2.05, 4.69) is 0 Å². The van der Waals surface area contributed by atoms with Crippen LogP contribution in [0.5, 0.6) is 0 Å². The lowest BCUT2D eigenvalue weighted by atomic mass is 9.83. The maximum absolute atomic E-state index is 13.5. The normalized spacial score (nSPS) is 31.8. The highest BCUT2D eigenvalue weighted by molar-refractivity contribution is 5.25. The maximum Gasteiger partial charge on any atom is 0.126 e. The van der Waals surface area contributed by atoms with Crippen LogP contribution in [0.3, 0.4) is 0 Å². The van der Waals surface area contributed by atoms with Crippen LogP contribution in [0, 0.1) is 30.5 Å². The molecule has 1 aromatic rings. The summed E-state index contributed by atoms with van der Waals surface area (Å²) < 4.78 is 13.5. The lowest BCUT2D eigenvalue weighted by molar-refractivity contribution is 0.296. The molecule has 98 valence electrons. The van der Waals surface area contributed by atoms with Crippen LogP contribution in [-0.2, 0) is 0 Å². The van der Waals surface area contributed by atoms with Crippen molar-refractivity contribution in [1.82, 2.24) is 0 Å². The maximum atomic E-state index is 13.5. The average molecular weight is 247 g/mol. The molecule has 3 rings (SSSR count). The Morgan fingerprint density at radius 1 is 1.33 bits per heavy atom. The van der Waals surface area contributed by atoms with E-state index in [4.69, 9.17) is 5.73 Å². The first-order valence-electron chi connectivity index (χ1n) is 7.15. The molecule has 0 heterocycles. The smallest absolute Gasteiger partial charge is 0.126 e. The number of rotatable bonds is 3. The fourth-order valence-electron chi connectivity index (χ4n) is 3.97. The van der Waals surface area contributed by atoms with Crippen molar-refractivity contribution in [3.63, 3.8) is 0 Å². The van der Waals surface area contributed by atoms with Crippen LogP contribution in [-0.4, -0.2) is 0 Å². The Morgan fingerprint density at radius 3 is 2.78 bits per heavy atom. The first-order chi connectivity index (χ1) is 8.63. The molecular weight excluding hydrogens is 225 g/mol. The summed E-state index contributed by atoms with van der Waals surface area (Å²) in [6, 6.07) is 5.44. The Morgan fingerprint density at radius 2 is 2.17 bits per heavy atom. The number of benzene rings is 1. The van der Waals surface area contributed by atoms with E-state index in [1.54, 1.807) is 13.0 Å². The van der Waals surface area contributed by atoms with Gasteiger partial charge in [-0.3, -0.25) is 0 Å². The molecule has 0 spiro atoms. The van der Waals surface area contributed by atoms with E-state index in [9.17, 15) is 4.39 Å². The summed E-state index contributed by atoms with van der Waals surface area (Å²) in [7, 11) is 0. The van der Waals surface area contributed by atoms with Gasteiger partial charge in [0.05, 0.1) is 0 Å². The largest absolute Gasteiger partial charge is 0.324 e. The topological polar surface area (TPSA) is 26.0 Å². The van der Waals surface area contributed by atoms with E-state index in [-0.39, 0.29) is 11.9 Å². The molecule has 1 aromatic carbocycles. The van der Waals surface area contributed by atoms with Crippen molar-refractivity contribution in [2.24, 2.45) is 23.5 Å². The first kappa shape index (κ1) is 12.2. The SMILES string of the molecule is Cc1ccc(C(N)CC2CC3CCC2C3)cc1F. The predicted molar refractivity (Wildman–Crippen MR) is 71.6 cm³/mol. The van der Waals surface area contributed by atoms with Crippen LogP contribution in [0.1, 0.15) is 49.3 Å². The molecular formula is C16H22FN. The molecule has 2 fully saturated rings. The van der Waals surface area contributed by atoms with Gasteiger partial charge in [0.2, 0.25) is 0 Å². The van der Waals surface area contributed by atoms with Gasteiger partial charge >= 0.3 is 0 Å². The zero-order valence-electron chi connectivity index (χ0n) is 11.0. The lowest BCUT2D eigenvalue weighted by Gasteiger charge is -2.25. The molecule has 2 N–H and O–H groups in total. The molecule has 2 saturated carbocycles. The number of nitrogens with two attached hydrogens (primary N) is 1. The van der Waals surface area contributed by atoms with Gasteiger partial charge in [0.25, 0.3) is 0 Å². The van der Waals surface area contributed by atoms with Crippen LogP contribution in [0.4, 0.5) is 4.39 Å². The highest BCUT2D eigenvalue weighted by Gasteiger charge is 2.39. The minimum absolute atomic E-state index is 0.00412. The van der Waals surface area contributed by atoms with Crippen LogP contribution < -0.4 is 5.73 Å². The summed E-state index contributed by atoms with van der Waals surface area (Å²) in [5.41, 5.74) is 7.92. The number of fused-ring (bicyclic) bond motifs is 2. The van der Waals surface area contributed by atoms with Gasteiger partial charge in [-0.05, 0) is 67.6 Å².